The van der Waals surface area contributed by atoms with Crippen LogP contribution >= 0.6 is 23.2 Å². The fourth-order valence-electron chi connectivity index (χ4n) is 2.37. The highest BCUT2D eigenvalue weighted by Gasteiger charge is 2.40. The lowest BCUT2D eigenvalue weighted by Crippen LogP contribution is -2.53. The van der Waals surface area contributed by atoms with Crippen molar-refractivity contribution in [3.63, 3.8) is 0 Å². The number of nitrogens with zero attached hydrogens (tertiary/aromatic N) is 2. The Bertz CT molecular complexity index is 611. The van der Waals surface area contributed by atoms with Gasteiger partial charge in [-0.3, -0.25) is 9.59 Å². The molecule has 7 heteroatoms. The van der Waals surface area contributed by atoms with Crippen molar-refractivity contribution in [3.8, 4) is 0 Å². The molecule has 2 rings (SSSR count). The number of hydrogen-bond donors (Lipinski definition) is 1. The van der Waals surface area contributed by atoms with Crippen molar-refractivity contribution in [2.24, 2.45) is 5.41 Å². The minimum atomic E-state index is -1.18. The Hall–Kier alpha value is -1.30. The fourth-order valence-corrected chi connectivity index (χ4v) is 2.71. The third-order valence-corrected chi connectivity index (χ3v) is 4.63. The number of anilines is 1. The minimum absolute atomic E-state index is 0.179. The van der Waals surface area contributed by atoms with Crippen LogP contribution < -0.4 is 5.32 Å². The van der Waals surface area contributed by atoms with E-state index in [2.05, 4.69) is 10.2 Å². The Morgan fingerprint density at radius 3 is 2.35 bits per heavy atom. The van der Waals surface area contributed by atoms with E-state index in [-0.39, 0.29) is 5.91 Å². The molecular weight excluding hydrogens is 337 g/mol. The van der Waals surface area contributed by atoms with Crippen LogP contribution in [0.5, 0.6) is 0 Å². The number of nitrogens with one attached hydrogen (secondary N) is 1. The lowest BCUT2D eigenvalue weighted by atomic mass is 9.89. The predicted octanol–water partition coefficient (Wildman–Crippen LogP) is 2.73. The first-order chi connectivity index (χ1) is 10.7. The second-order valence-corrected chi connectivity index (χ2v) is 7.14. The van der Waals surface area contributed by atoms with Crippen LogP contribution in [0.3, 0.4) is 0 Å². The van der Waals surface area contributed by atoms with Gasteiger partial charge < -0.3 is 15.1 Å². The van der Waals surface area contributed by atoms with E-state index in [4.69, 9.17) is 23.2 Å². The average Bonchev–Trinajstić information content (AvgIpc) is 2.50. The summed E-state index contributed by atoms with van der Waals surface area (Å²) in [6, 6.07) is 4.81. The van der Waals surface area contributed by atoms with Gasteiger partial charge in [0, 0.05) is 31.2 Å². The summed E-state index contributed by atoms with van der Waals surface area (Å²) in [6.45, 7) is 6.13. The molecule has 0 saturated carbocycles. The predicted molar refractivity (Wildman–Crippen MR) is 92.9 cm³/mol. The fraction of sp³-hybridized carbons (Fsp3) is 0.500. The average molecular weight is 358 g/mol. The zero-order valence-electron chi connectivity index (χ0n) is 13.5. The molecule has 1 saturated heterocycles. The number of carbonyl (C=O) groups is 2. The summed E-state index contributed by atoms with van der Waals surface area (Å²) in [5.74, 6) is -0.577. The van der Waals surface area contributed by atoms with Gasteiger partial charge in [-0.1, -0.05) is 23.2 Å². The first kappa shape index (κ1) is 18.0. The Kier molecular flexibility index (Phi) is 5.55. The topological polar surface area (TPSA) is 52.7 Å². The molecule has 0 aliphatic carbocycles. The molecule has 1 aromatic rings. The highest BCUT2D eigenvalue weighted by Crippen LogP contribution is 2.28. The van der Waals surface area contributed by atoms with Crippen LogP contribution in [0.2, 0.25) is 10.0 Å². The quantitative estimate of drug-likeness (QED) is 0.846. The highest BCUT2D eigenvalue weighted by atomic mass is 35.5. The van der Waals surface area contributed by atoms with Crippen LogP contribution in [-0.4, -0.2) is 54.8 Å². The van der Waals surface area contributed by atoms with Gasteiger partial charge in [0.05, 0.1) is 10.7 Å². The van der Waals surface area contributed by atoms with E-state index in [1.807, 2.05) is 7.05 Å². The van der Waals surface area contributed by atoms with Crippen LogP contribution in [0.15, 0.2) is 18.2 Å². The lowest BCUT2D eigenvalue weighted by Gasteiger charge is -2.36. The van der Waals surface area contributed by atoms with Gasteiger partial charge in [-0.05, 0) is 39.1 Å². The van der Waals surface area contributed by atoms with E-state index in [1.54, 1.807) is 36.9 Å². The van der Waals surface area contributed by atoms with Gasteiger partial charge in [0.2, 0.25) is 11.8 Å². The van der Waals surface area contributed by atoms with E-state index in [9.17, 15) is 9.59 Å². The monoisotopic (exact) mass is 357 g/mol. The Morgan fingerprint density at radius 1 is 1.13 bits per heavy atom. The van der Waals surface area contributed by atoms with Crippen molar-refractivity contribution in [2.75, 3.05) is 38.5 Å². The second kappa shape index (κ2) is 7.07. The van der Waals surface area contributed by atoms with Crippen LogP contribution in [0.4, 0.5) is 5.69 Å². The molecule has 126 valence electrons. The summed E-state index contributed by atoms with van der Waals surface area (Å²) in [7, 11) is 2.01. The van der Waals surface area contributed by atoms with E-state index in [1.165, 1.54) is 0 Å². The van der Waals surface area contributed by atoms with E-state index in [0.717, 1.165) is 13.1 Å². The van der Waals surface area contributed by atoms with E-state index < -0.39 is 11.3 Å². The molecule has 1 N–H and O–H groups in total. The smallest absolute Gasteiger partial charge is 0.239 e. The van der Waals surface area contributed by atoms with Crippen LogP contribution in [0, 0.1) is 5.41 Å². The molecule has 0 spiro atoms. The zero-order valence-corrected chi connectivity index (χ0v) is 15.0. The Labute approximate surface area is 146 Å². The summed E-state index contributed by atoms with van der Waals surface area (Å²) in [5, 5.41) is 3.55. The van der Waals surface area contributed by atoms with E-state index >= 15 is 0 Å². The van der Waals surface area contributed by atoms with Crippen LogP contribution in [-0.2, 0) is 9.59 Å². The van der Waals surface area contributed by atoms with E-state index in [0.29, 0.717) is 28.8 Å². The molecule has 0 unspecified atom stereocenters. The maximum atomic E-state index is 12.7. The van der Waals surface area contributed by atoms with Gasteiger partial charge in [-0.25, -0.2) is 0 Å². The molecular formula is C16H21Cl2N3O2. The van der Waals surface area contributed by atoms with Gasteiger partial charge in [-0.2, -0.15) is 0 Å². The van der Waals surface area contributed by atoms with Crippen molar-refractivity contribution in [1.82, 2.24) is 9.80 Å². The van der Waals surface area contributed by atoms with Crippen LogP contribution in [0.25, 0.3) is 0 Å². The van der Waals surface area contributed by atoms with Crippen molar-refractivity contribution in [2.45, 2.75) is 13.8 Å². The maximum Gasteiger partial charge on any atom is 0.239 e. The van der Waals surface area contributed by atoms with Crippen molar-refractivity contribution in [1.29, 1.82) is 0 Å². The molecule has 1 heterocycles. The third kappa shape index (κ3) is 4.16. The largest absolute Gasteiger partial charge is 0.339 e. The Morgan fingerprint density at radius 2 is 1.74 bits per heavy atom. The summed E-state index contributed by atoms with van der Waals surface area (Å²) < 4.78 is 0. The number of benzene rings is 1. The molecule has 23 heavy (non-hydrogen) atoms. The third-order valence-electron chi connectivity index (χ3n) is 4.07. The van der Waals surface area contributed by atoms with Gasteiger partial charge >= 0.3 is 0 Å². The number of hydrogen-bond acceptors (Lipinski definition) is 3. The van der Waals surface area contributed by atoms with Crippen molar-refractivity contribution < 1.29 is 9.59 Å². The highest BCUT2D eigenvalue weighted by molar-refractivity contribution is 6.35. The molecule has 2 amide bonds. The molecule has 0 bridgehead atoms. The summed E-state index contributed by atoms with van der Waals surface area (Å²) in [6.07, 6.45) is 0. The molecule has 1 aromatic carbocycles. The number of rotatable bonds is 3. The standard InChI is InChI=1S/C16H21Cl2N3O2/c1-16(2,15(23)21-8-6-20(3)7-9-21)14(22)19-13-10-11(17)4-5-12(13)18/h4-5,10H,6-9H2,1-3H3,(H,19,22). The molecule has 1 aliphatic heterocycles. The number of carbonyl (C=O) groups excluding carboxylic acids is 2. The van der Waals surface area contributed by atoms with Gasteiger partial charge in [0.25, 0.3) is 0 Å². The van der Waals surface area contributed by atoms with Gasteiger partial charge in [0.1, 0.15) is 5.41 Å². The zero-order chi connectivity index (χ0) is 17.2. The summed E-state index contributed by atoms with van der Waals surface area (Å²) >= 11 is 12.0. The molecule has 0 radical (unpaired) electrons. The first-order valence-electron chi connectivity index (χ1n) is 7.46. The summed E-state index contributed by atoms with van der Waals surface area (Å²) in [4.78, 5) is 29.2. The maximum absolute atomic E-state index is 12.7. The van der Waals surface area contributed by atoms with Gasteiger partial charge in [-0.15, -0.1) is 0 Å². The number of likely N-dealkylation sites (N-methyl/N-ethyl adjacent to an activating group) is 1. The number of halogens is 2. The van der Waals surface area contributed by atoms with Gasteiger partial charge in [0.15, 0.2) is 0 Å². The molecule has 1 aliphatic rings. The number of amides is 2. The summed E-state index contributed by atoms with van der Waals surface area (Å²) in [5.41, 5.74) is -0.773. The number of piperazine rings is 1. The SMILES string of the molecule is CN1CCN(C(=O)C(C)(C)C(=O)Nc2cc(Cl)ccc2Cl)CC1. The molecule has 0 aromatic heterocycles. The molecule has 1 fully saturated rings. The van der Waals surface area contributed by atoms with Crippen molar-refractivity contribution >= 4 is 40.7 Å². The van der Waals surface area contributed by atoms with Crippen LogP contribution in [0.1, 0.15) is 13.8 Å². The second-order valence-electron chi connectivity index (χ2n) is 6.30. The Balaban J connectivity index is 2.10. The normalized spacial score (nSPS) is 16.3. The minimum Gasteiger partial charge on any atom is -0.339 e. The van der Waals surface area contributed by atoms with Crippen molar-refractivity contribution in [3.05, 3.63) is 28.2 Å². The first-order valence-corrected chi connectivity index (χ1v) is 8.22. The molecule has 0 atom stereocenters. The molecule has 5 nitrogen and oxygen atoms in total. The lowest BCUT2D eigenvalue weighted by molar-refractivity contribution is -0.147.